The molecule has 0 bridgehead atoms. The molecule has 2 atom stereocenters. The predicted molar refractivity (Wildman–Crippen MR) is 82.0 cm³/mol. The van der Waals surface area contributed by atoms with Gasteiger partial charge in [0.25, 0.3) is 5.91 Å². The molecule has 2 N–H and O–H groups in total. The van der Waals surface area contributed by atoms with E-state index >= 15 is 0 Å². The first-order valence-corrected chi connectivity index (χ1v) is 8.42. The van der Waals surface area contributed by atoms with E-state index in [4.69, 9.17) is 5.73 Å². The SMILES string of the molecule is CCC1CN(C(=O)c2cc(Br)c(Br)s2)CCC1N. The summed E-state index contributed by atoms with van der Waals surface area (Å²) in [5, 5.41) is 0. The second kappa shape index (κ2) is 6.03. The number of piperidine rings is 1. The Labute approximate surface area is 128 Å². The summed E-state index contributed by atoms with van der Waals surface area (Å²) >= 11 is 8.31. The van der Waals surface area contributed by atoms with Crippen LogP contribution in [0.4, 0.5) is 0 Å². The third-order valence-electron chi connectivity index (χ3n) is 3.46. The van der Waals surface area contributed by atoms with E-state index in [1.165, 1.54) is 11.3 Å². The molecule has 1 fully saturated rings. The Kier molecular flexibility index (Phi) is 4.86. The Morgan fingerprint density at radius 1 is 1.61 bits per heavy atom. The second-order valence-corrected chi connectivity index (χ2v) is 7.83. The fourth-order valence-electron chi connectivity index (χ4n) is 2.27. The molecule has 1 aromatic heterocycles. The molecule has 0 aromatic carbocycles. The number of thiophene rings is 1. The van der Waals surface area contributed by atoms with E-state index in [-0.39, 0.29) is 11.9 Å². The number of carbonyl (C=O) groups is 1. The molecule has 0 aliphatic carbocycles. The number of nitrogens with two attached hydrogens (primary N) is 1. The Bertz CT molecular complexity index is 430. The van der Waals surface area contributed by atoms with Crippen molar-refractivity contribution in [2.75, 3.05) is 13.1 Å². The molecular formula is C12H16Br2N2OS. The average molecular weight is 396 g/mol. The number of amides is 1. The van der Waals surface area contributed by atoms with Gasteiger partial charge in [0.15, 0.2) is 0 Å². The smallest absolute Gasteiger partial charge is 0.264 e. The number of carbonyl (C=O) groups excluding carboxylic acids is 1. The third-order valence-corrected chi connectivity index (χ3v) is 6.70. The lowest BCUT2D eigenvalue weighted by atomic mass is 9.90. The molecule has 18 heavy (non-hydrogen) atoms. The predicted octanol–water partition coefficient (Wildman–Crippen LogP) is 3.47. The Morgan fingerprint density at radius 3 is 2.89 bits per heavy atom. The van der Waals surface area contributed by atoms with Crippen molar-refractivity contribution < 1.29 is 4.79 Å². The van der Waals surface area contributed by atoms with Crippen molar-refractivity contribution in [3.05, 3.63) is 19.2 Å². The summed E-state index contributed by atoms with van der Waals surface area (Å²) < 4.78 is 1.91. The van der Waals surface area contributed by atoms with Gasteiger partial charge in [-0.1, -0.05) is 13.3 Å². The topological polar surface area (TPSA) is 46.3 Å². The second-order valence-electron chi connectivity index (χ2n) is 4.60. The first kappa shape index (κ1) is 14.5. The first-order valence-electron chi connectivity index (χ1n) is 6.02. The molecule has 0 spiro atoms. The van der Waals surface area contributed by atoms with Crippen molar-refractivity contribution in [2.45, 2.75) is 25.8 Å². The highest BCUT2D eigenvalue weighted by Gasteiger charge is 2.29. The molecule has 3 nitrogen and oxygen atoms in total. The van der Waals surface area contributed by atoms with Crippen molar-refractivity contribution in [3.63, 3.8) is 0 Å². The van der Waals surface area contributed by atoms with Crippen molar-refractivity contribution in [1.82, 2.24) is 4.90 Å². The molecular weight excluding hydrogens is 380 g/mol. The minimum atomic E-state index is 0.122. The molecule has 100 valence electrons. The van der Waals surface area contributed by atoms with Crippen LogP contribution >= 0.6 is 43.2 Å². The van der Waals surface area contributed by atoms with Gasteiger partial charge in [-0.05, 0) is 50.3 Å². The molecule has 1 aliphatic heterocycles. The molecule has 1 amide bonds. The molecule has 1 saturated heterocycles. The maximum atomic E-state index is 12.4. The highest BCUT2D eigenvalue weighted by Crippen LogP contribution is 2.33. The van der Waals surface area contributed by atoms with Gasteiger partial charge in [-0.15, -0.1) is 11.3 Å². The maximum absolute atomic E-state index is 12.4. The van der Waals surface area contributed by atoms with E-state index in [1.807, 2.05) is 11.0 Å². The fraction of sp³-hybridized carbons (Fsp3) is 0.583. The van der Waals surface area contributed by atoms with Crippen LogP contribution in [0.2, 0.25) is 0 Å². The van der Waals surface area contributed by atoms with E-state index in [0.717, 1.165) is 39.1 Å². The highest BCUT2D eigenvalue weighted by molar-refractivity contribution is 9.13. The molecule has 0 radical (unpaired) electrons. The Morgan fingerprint density at radius 2 is 2.33 bits per heavy atom. The normalized spacial score (nSPS) is 24.3. The maximum Gasteiger partial charge on any atom is 0.264 e. The van der Waals surface area contributed by atoms with Crippen molar-refractivity contribution in [2.24, 2.45) is 11.7 Å². The van der Waals surface area contributed by atoms with Crippen LogP contribution in [-0.2, 0) is 0 Å². The Balaban J connectivity index is 2.10. The Hall–Kier alpha value is 0.0900. The summed E-state index contributed by atoms with van der Waals surface area (Å²) in [6.45, 7) is 3.68. The fourth-order valence-corrected chi connectivity index (χ4v) is 4.28. The largest absolute Gasteiger partial charge is 0.338 e. The zero-order chi connectivity index (χ0) is 13.3. The number of rotatable bonds is 2. The summed E-state index contributed by atoms with van der Waals surface area (Å²) in [5.41, 5.74) is 6.07. The molecule has 2 heterocycles. The van der Waals surface area contributed by atoms with Crippen LogP contribution in [0.1, 0.15) is 29.4 Å². The van der Waals surface area contributed by atoms with Crippen LogP contribution in [-0.4, -0.2) is 29.9 Å². The lowest BCUT2D eigenvalue weighted by molar-refractivity contribution is 0.0654. The standard InChI is InChI=1S/C12H16Br2N2OS/c1-2-7-6-16(4-3-9(7)15)12(17)10-5-8(13)11(14)18-10/h5,7,9H,2-4,6,15H2,1H3. The lowest BCUT2D eigenvalue weighted by Crippen LogP contribution is -2.48. The number of hydrogen-bond donors (Lipinski definition) is 1. The van der Waals surface area contributed by atoms with E-state index in [9.17, 15) is 4.79 Å². The van der Waals surface area contributed by atoms with E-state index < -0.39 is 0 Å². The van der Waals surface area contributed by atoms with Gasteiger partial charge >= 0.3 is 0 Å². The first-order chi connectivity index (χ1) is 8.52. The molecule has 1 aliphatic rings. The number of hydrogen-bond acceptors (Lipinski definition) is 3. The van der Waals surface area contributed by atoms with Crippen molar-refractivity contribution in [1.29, 1.82) is 0 Å². The van der Waals surface area contributed by atoms with Gasteiger partial charge in [0.1, 0.15) is 0 Å². The van der Waals surface area contributed by atoms with E-state index in [2.05, 4.69) is 38.8 Å². The van der Waals surface area contributed by atoms with E-state index in [1.54, 1.807) is 0 Å². The molecule has 1 aromatic rings. The number of likely N-dealkylation sites (tertiary alicyclic amines) is 1. The lowest BCUT2D eigenvalue weighted by Gasteiger charge is -2.36. The monoisotopic (exact) mass is 394 g/mol. The summed E-state index contributed by atoms with van der Waals surface area (Å²) in [5.74, 6) is 0.547. The minimum Gasteiger partial charge on any atom is -0.338 e. The molecule has 6 heteroatoms. The summed E-state index contributed by atoms with van der Waals surface area (Å²) in [4.78, 5) is 15.1. The van der Waals surface area contributed by atoms with Gasteiger partial charge in [-0.2, -0.15) is 0 Å². The van der Waals surface area contributed by atoms with Crippen LogP contribution in [0.25, 0.3) is 0 Å². The van der Waals surface area contributed by atoms with Crippen LogP contribution < -0.4 is 5.73 Å². The van der Waals surface area contributed by atoms with Crippen LogP contribution in [0.3, 0.4) is 0 Å². The number of halogens is 2. The van der Waals surface area contributed by atoms with Crippen LogP contribution in [0.15, 0.2) is 14.3 Å². The zero-order valence-corrected chi connectivity index (χ0v) is 14.1. The average Bonchev–Trinajstić information content (AvgIpc) is 2.69. The molecule has 0 saturated carbocycles. The molecule has 2 rings (SSSR count). The summed E-state index contributed by atoms with van der Waals surface area (Å²) in [6.07, 6.45) is 1.93. The number of nitrogens with zero attached hydrogens (tertiary/aromatic N) is 1. The van der Waals surface area contributed by atoms with Crippen LogP contribution in [0.5, 0.6) is 0 Å². The van der Waals surface area contributed by atoms with E-state index in [0.29, 0.717) is 5.92 Å². The van der Waals surface area contributed by atoms with Gasteiger partial charge in [0.2, 0.25) is 0 Å². The quantitative estimate of drug-likeness (QED) is 0.833. The minimum absolute atomic E-state index is 0.122. The summed E-state index contributed by atoms with van der Waals surface area (Å²) in [7, 11) is 0. The summed E-state index contributed by atoms with van der Waals surface area (Å²) in [6, 6.07) is 2.12. The van der Waals surface area contributed by atoms with Gasteiger partial charge in [0.05, 0.1) is 8.66 Å². The van der Waals surface area contributed by atoms with Crippen LogP contribution in [0, 0.1) is 5.92 Å². The van der Waals surface area contributed by atoms with Crippen molar-refractivity contribution in [3.8, 4) is 0 Å². The van der Waals surface area contributed by atoms with Gasteiger partial charge in [-0.25, -0.2) is 0 Å². The zero-order valence-electron chi connectivity index (χ0n) is 10.2. The van der Waals surface area contributed by atoms with Gasteiger partial charge in [-0.3, -0.25) is 4.79 Å². The van der Waals surface area contributed by atoms with Gasteiger partial charge < -0.3 is 10.6 Å². The third kappa shape index (κ3) is 2.98. The molecule has 2 unspecified atom stereocenters. The highest BCUT2D eigenvalue weighted by atomic mass is 79.9. The van der Waals surface area contributed by atoms with Gasteiger partial charge in [0, 0.05) is 23.6 Å². The van der Waals surface area contributed by atoms with Crippen molar-refractivity contribution >= 4 is 49.1 Å².